The van der Waals surface area contributed by atoms with E-state index in [0.717, 1.165) is 32.0 Å². The van der Waals surface area contributed by atoms with Gasteiger partial charge in [-0.15, -0.1) is 0 Å². The molecule has 1 saturated carbocycles. The Balaban J connectivity index is 1.80. The fraction of sp³-hybridized carbons (Fsp3) is 1.00. The average molecular weight is 199 g/mol. The Morgan fingerprint density at radius 2 is 2.14 bits per heavy atom. The number of rotatable bonds is 3. The Morgan fingerprint density at radius 1 is 1.36 bits per heavy atom. The highest BCUT2D eigenvalue weighted by Gasteiger charge is 2.32. The maximum atomic E-state index is 6.06. The molecule has 1 aliphatic carbocycles. The standard InChI is InChI=1S/C11H21NO2/c1-2-8-3-4-10(12)11(5-8)14-9-6-13-7-9/h8-11H,2-7,12H2,1H3. The lowest BCUT2D eigenvalue weighted by molar-refractivity contribution is -0.166. The Kier molecular flexibility index (Phi) is 3.42. The highest BCUT2D eigenvalue weighted by molar-refractivity contribution is 4.84. The molecule has 1 aliphatic heterocycles. The summed E-state index contributed by atoms with van der Waals surface area (Å²) in [6, 6.07) is 0.249. The van der Waals surface area contributed by atoms with E-state index in [-0.39, 0.29) is 12.1 Å². The first kappa shape index (κ1) is 10.4. The zero-order valence-electron chi connectivity index (χ0n) is 8.95. The van der Waals surface area contributed by atoms with Crippen molar-refractivity contribution in [2.45, 2.75) is 50.9 Å². The fourth-order valence-corrected chi connectivity index (χ4v) is 2.30. The molecule has 3 heteroatoms. The molecule has 0 spiro atoms. The van der Waals surface area contributed by atoms with Gasteiger partial charge in [-0.1, -0.05) is 13.3 Å². The highest BCUT2D eigenvalue weighted by atomic mass is 16.6. The van der Waals surface area contributed by atoms with Gasteiger partial charge in [0, 0.05) is 6.04 Å². The molecule has 3 unspecified atom stereocenters. The van der Waals surface area contributed by atoms with Crippen LogP contribution in [0.3, 0.4) is 0 Å². The molecule has 0 aromatic rings. The van der Waals surface area contributed by atoms with Gasteiger partial charge in [-0.05, 0) is 25.2 Å². The molecule has 0 bridgehead atoms. The molecular weight excluding hydrogens is 178 g/mol. The third-order valence-corrected chi connectivity index (χ3v) is 3.50. The van der Waals surface area contributed by atoms with E-state index in [1.807, 2.05) is 0 Å². The van der Waals surface area contributed by atoms with Crippen LogP contribution in [0.5, 0.6) is 0 Å². The van der Waals surface area contributed by atoms with Crippen LogP contribution in [0, 0.1) is 5.92 Å². The molecule has 0 amide bonds. The lowest BCUT2D eigenvalue weighted by Gasteiger charge is -2.38. The Hall–Kier alpha value is -0.120. The van der Waals surface area contributed by atoms with Crippen LogP contribution in [-0.4, -0.2) is 31.5 Å². The first-order valence-corrected chi connectivity index (χ1v) is 5.78. The number of nitrogens with two attached hydrogens (primary N) is 1. The van der Waals surface area contributed by atoms with Crippen molar-refractivity contribution in [1.82, 2.24) is 0 Å². The lowest BCUT2D eigenvalue weighted by atomic mass is 9.83. The first-order valence-electron chi connectivity index (χ1n) is 5.78. The van der Waals surface area contributed by atoms with Crippen LogP contribution in [0.4, 0.5) is 0 Å². The molecule has 1 saturated heterocycles. The molecule has 0 aromatic heterocycles. The second-order valence-electron chi connectivity index (χ2n) is 4.59. The van der Waals surface area contributed by atoms with Crippen molar-refractivity contribution in [3.63, 3.8) is 0 Å². The van der Waals surface area contributed by atoms with Crippen molar-refractivity contribution in [3.05, 3.63) is 0 Å². The number of hydrogen-bond donors (Lipinski definition) is 1. The lowest BCUT2D eigenvalue weighted by Crippen LogP contribution is -2.48. The van der Waals surface area contributed by atoms with Crippen LogP contribution < -0.4 is 5.73 Å². The summed E-state index contributed by atoms with van der Waals surface area (Å²) >= 11 is 0. The highest BCUT2D eigenvalue weighted by Crippen LogP contribution is 2.29. The van der Waals surface area contributed by atoms with Crippen LogP contribution in [0.15, 0.2) is 0 Å². The molecule has 14 heavy (non-hydrogen) atoms. The van der Waals surface area contributed by atoms with Crippen molar-refractivity contribution in [3.8, 4) is 0 Å². The molecular formula is C11H21NO2. The van der Waals surface area contributed by atoms with E-state index in [0.29, 0.717) is 6.10 Å². The molecule has 2 aliphatic rings. The first-order chi connectivity index (χ1) is 6.79. The molecule has 2 fully saturated rings. The summed E-state index contributed by atoms with van der Waals surface area (Å²) in [6.07, 6.45) is 5.40. The van der Waals surface area contributed by atoms with Crippen LogP contribution in [0.1, 0.15) is 32.6 Å². The minimum atomic E-state index is 0.249. The largest absolute Gasteiger partial charge is 0.376 e. The monoisotopic (exact) mass is 199 g/mol. The fourth-order valence-electron chi connectivity index (χ4n) is 2.30. The summed E-state index contributed by atoms with van der Waals surface area (Å²) < 4.78 is 11.0. The SMILES string of the molecule is CCC1CCC(N)C(OC2COC2)C1. The maximum absolute atomic E-state index is 6.06. The smallest absolute Gasteiger partial charge is 0.105 e. The van der Waals surface area contributed by atoms with Crippen LogP contribution in [0.25, 0.3) is 0 Å². The second-order valence-corrected chi connectivity index (χ2v) is 4.59. The van der Waals surface area contributed by atoms with Gasteiger partial charge in [0.1, 0.15) is 6.10 Å². The number of ether oxygens (including phenoxy) is 2. The van der Waals surface area contributed by atoms with Crippen molar-refractivity contribution in [2.75, 3.05) is 13.2 Å². The normalized spacial score (nSPS) is 39.4. The summed E-state index contributed by atoms with van der Waals surface area (Å²) in [4.78, 5) is 0. The quantitative estimate of drug-likeness (QED) is 0.745. The maximum Gasteiger partial charge on any atom is 0.105 e. The van der Waals surface area contributed by atoms with E-state index in [1.165, 1.54) is 12.8 Å². The van der Waals surface area contributed by atoms with E-state index >= 15 is 0 Å². The van der Waals surface area contributed by atoms with Crippen molar-refractivity contribution >= 4 is 0 Å². The van der Waals surface area contributed by atoms with E-state index < -0.39 is 0 Å². The molecule has 0 aromatic carbocycles. The van der Waals surface area contributed by atoms with Gasteiger partial charge in [0.05, 0.1) is 19.3 Å². The minimum absolute atomic E-state index is 0.249. The van der Waals surface area contributed by atoms with E-state index in [1.54, 1.807) is 0 Å². The Bertz CT molecular complexity index is 180. The summed E-state index contributed by atoms with van der Waals surface area (Å²) in [6.45, 7) is 3.78. The predicted octanol–water partition coefficient (Wildman–Crippen LogP) is 1.31. The van der Waals surface area contributed by atoms with E-state index in [9.17, 15) is 0 Å². The molecule has 2 N–H and O–H groups in total. The van der Waals surface area contributed by atoms with Gasteiger partial charge in [0.15, 0.2) is 0 Å². The zero-order chi connectivity index (χ0) is 9.97. The molecule has 3 nitrogen and oxygen atoms in total. The zero-order valence-corrected chi connectivity index (χ0v) is 8.95. The van der Waals surface area contributed by atoms with Crippen molar-refractivity contribution in [1.29, 1.82) is 0 Å². The molecule has 2 rings (SSSR count). The summed E-state index contributed by atoms with van der Waals surface area (Å²) in [7, 11) is 0. The third kappa shape index (κ3) is 2.27. The van der Waals surface area contributed by atoms with Gasteiger partial charge in [-0.2, -0.15) is 0 Å². The Labute approximate surface area is 85.9 Å². The summed E-state index contributed by atoms with van der Waals surface area (Å²) in [5.74, 6) is 0.820. The van der Waals surface area contributed by atoms with Gasteiger partial charge < -0.3 is 15.2 Å². The van der Waals surface area contributed by atoms with E-state index in [2.05, 4.69) is 6.92 Å². The van der Waals surface area contributed by atoms with Gasteiger partial charge in [0.2, 0.25) is 0 Å². The van der Waals surface area contributed by atoms with E-state index in [4.69, 9.17) is 15.2 Å². The molecule has 1 heterocycles. The van der Waals surface area contributed by atoms with Crippen LogP contribution in [0.2, 0.25) is 0 Å². The van der Waals surface area contributed by atoms with Gasteiger partial charge in [-0.25, -0.2) is 0 Å². The molecule has 82 valence electrons. The molecule has 0 radical (unpaired) electrons. The van der Waals surface area contributed by atoms with Gasteiger partial charge in [-0.3, -0.25) is 0 Å². The second kappa shape index (κ2) is 4.60. The Morgan fingerprint density at radius 3 is 2.71 bits per heavy atom. The van der Waals surface area contributed by atoms with Crippen molar-refractivity contribution in [2.24, 2.45) is 11.7 Å². The topological polar surface area (TPSA) is 44.5 Å². The third-order valence-electron chi connectivity index (χ3n) is 3.50. The van der Waals surface area contributed by atoms with Crippen LogP contribution >= 0.6 is 0 Å². The summed E-state index contributed by atoms with van der Waals surface area (Å²) in [5, 5.41) is 0. The van der Waals surface area contributed by atoms with Crippen LogP contribution in [-0.2, 0) is 9.47 Å². The average Bonchev–Trinajstić information content (AvgIpc) is 2.14. The molecule has 3 atom stereocenters. The predicted molar refractivity (Wildman–Crippen MR) is 55.1 cm³/mol. The van der Waals surface area contributed by atoms with Gasteiger partial charge >= 0.3 is 0 Å². The van der Waals surface area contributed by atoms with Gasteiger partial charge in [0.25, 0.3) is 0 Å². The van der Waals surface area contributed by atoms with Crippen molar-refractivity contribution < 1.29 is 9.47 Å². The summed E-state index contributed by atoms with van der Waals surface area (Å²) in [5.41, 5.74) is 6.06. The number of hydrogen-bond acceptors (Lipinski definition) is 3. The minimum Gasteiger partial charge on any atom is -0.376 e.